The summed E-state index contributed by atoms with van der Waals surface area (Å²) in [4.78, 5) is 67.3. The van der Waals surface area contributed by atoms with Crippen LogP contribution < -0.4 is 9.47 Å². The van der Waals surface area contributed by atoms with E-state index in [1.807, 2.05) is 49.4 Å². The van der Waals surface area contributed by atoms with Crippen LogP contribution in [-0.4, -0.2) is 155 Å². The second-order valence-electron chi connectivity index (χ2n) is 27.7. The molecule has 0 aliphatic carbocycles. The van der Waals surface area contributed by atoms with E-state index in [2.05, 4.69) is 44.6 Å². The first kappa shape index (κ1) is 107. The van der Waals surface area contributed by atoms with Gasteiger partial charge in [-0.1, -0.05) is 129 Å². The van der Waals surface area contributed by atoms with E-state index in [1.54, 1.807) is 74.4 Å². The van der Waals surface area contributed by atoms with Crippen molar-refractivity contribution in [1.82, 2.24) is 0 Å². The molecule has 0 saturated heterocycles. The van der Waals surface area contributed by atoms with Gasteiger partial charge < -0.3 is 55.7 Å². The van der Waals surface area contributed by atoms with Crippen LogP contribution in [0, 0.1) is 38.2 Å². The summed E-state index contributed by atoms with van der Waals surface area (Å²) in [6, 6.07) is 31.3. The maximum absolute atomic E-state index is 13.0. The minimum atomic E-state index is -6.08. The van der Waals surface area contributed by atoms with Crippen LogP contribution in [-0.2, 0) is 117 Å². The first-order chi connectivity index (χ1) is 52.6. The molecule has 5 aromatic carbocycles. The normalized spacial score (nSPS) is 13.4. The van der Waals surface area contributed by atoms with Gasteiger partial charge in [-0.05, 0) is 169 Å². The van der Waals surface area contributed by atoms with Crippen molar-refractivity contribution < 1.29 is 148 Å². The zero-order valence-corrected chi connectivity index (χ0v) is 71.1. The number of hydrogen-bond donors (Lipinski definition) is 0. The van der Waals surface area contributed by atoms with Crippen LogP contribution >= 0.6 is 0 Å². The third-order valence-electron chi connectivity index (χ3n) is 17.5. The molecule has 5 atom stereocenters. The Labute approximate surface area is 671 Å². The molecule has 0 bridgehead atoms. The number of nitrogens with zero attached hydrogens (tertiary/aromatic N) is 1. The molecule has 0 N–H and O–H groups in total. The van der Waals surface area contributed by atoms with Crippen molar-refractivity contribution >= 4 is 96.2 Å². The van der Waals surface area contributed by atoms with Crippen molar-refractivity contribution in [2.24, 2.45) is 28.1 Å². The fourth-order valence-corrected chi connectivity index (χ4v) is 10.8. The highest BCUT2D eigenvalue weighted by Gasteiger charge is 2.47. The molecule has 0 heterocycles. The lowest BCUT2D eigenvalue weighted by molar-refractivity contribution is -0.385. The Morgan fingerprint density at radius 2 is 0.826 bits per heavy atom. The monoisotopic (exact) mass is 1750 g/mol. The van der Waals surface area contributed by atoms with Crippen molar-refractivity contribution in [3.63, 3.8) is 0 Å². The molecule has 0 radical (unpaired) electrons. The van der Waals surface area contributed by atoms with Gasteiger partial charge in [-0.2, -0.15) is 8.78 Å². The van der Waals surface area contributed by atoms with Crippen molar-refractivity contribution in [2.45, 2.75) is 206 Å². The molecular formula is C74H100F3NO31S6-6. The lowest BCUT2D eigenvalue weighted by Gasteiger charge is -2.24. The predicted molar refractivity (Wildman–Crippen MR) is 406 cm³/mol. The van der Waals surface area contributed by atoms with Crippen LogP contribution in [0.3, 0.4) is 0 Å². The molecule has 5 rings (SSSR count). The van der Waals surface area contributed by atoms with Gasteiger partial charge in [-0.3, -0.25) is 34.1 Å². The Kier molecular flexibility index (Phi) is 44.6. The molecule has 0 fully saturated rings. The molecule has 0 aliphatic heterocycles. The third-order valence-corrected chi connectivity index (χ3v) is 22.6. The van der Waals surface area contributed by atoms with Gasteiger partial charge >= 0.3 is 40.8 Å². The maximum atomic E-state index is 13.0. The zero-order valence-electron chi connectivity index (χ0n) is 66.2. The number of esters is 5. The fraction of sp³-hybridized carbons (Fsp3) is 0.527. The van der Waals surface area contributed by atoms with Gasteiger partial charge in [0.1, 0.15) is 49.3 Å². The van der Waals surface area contributed by atoms with Crippen LogP contribution in [0.25, 0.3) is 0 Å². The van der Waals surface area contributed by atoms with Gasteiger partial charge in [0.05, 0.1) is 87.7 Å². The summed E-state index contributed by atoms with van der Waals surface area (Å²) in [7, 11) is -28.2. The van der Waals surface area contributed by atoms with E-state index in [1.165, 1.54) is 48.9 Å². The van der Waals surface area contributed by atoms with Crippen LogP contribution in [0.2, 0.25) is 0 Å². The first-order valence-corrected chi connectivity index (χ1v) is 44.2. The maximum Gasteiger partial charge on any atom is 0.364 e. The largest absolute Gasteiger partial charge is 0.748 e. The number of carbonyl (C=O) groups is 5. The summed E-state index contributed by atoms with van der Waals surface area (Å²) >= 11 is 0. The summed E-state index contributed by atoms with van der Waals surface area (Å²) in [6.45, 7) is 26.3. The average molecular weight is 1750 g/mol. The number of ether oxygens (including phenoxy) is 6. The number of benzene rings is 5. The number of hydrogen-bond acceptors (Lipinski definition) is 31. The molecular weight excluding hydrogens is 1650 g/mol. The van der Waals surface area contributed by atoms with E-state index < -0.39 is 170 Å². The van der Waals surface area contributed by atoms with E-state index in [0.717, 1.165) is 41.7 Å². The minimum absolute atomic E-state index is 0.0241. The highest BCUT2D eigenvalue weighted by Crippen LogP contribution is 2.34. The Morgan fingerprint density at radius 3 is 1.21 bits per heavy atom. The third kappa shape index (κ3) is 41.0. The number of carbonyl (C=O) groups excluding carboxylic acids is 5. The molecule has 5 aromatic rings. The molecule has 32 nitrogen and oxygen atoms in total. The lowest BCUT2D eigenvalue weighted by atomic mass is 9.91. The quantitative estimate of drug-likeness (QED) is 0.00683. The van der Waals surface area contributed by atoms with Crippen LogP contribution in [0.15, 0.2) is 136 Å². The topological polar surface area (TPSA) is 527 Å². The van der Waals surface area contributed by atoms with Gasteiger partial charge in [0.2, 0.25) is 5.75 Å². The minimum Gasteiger partial charge on any atom is -0.748 e. The van der Waals surface area contributed by atoms with Gasteiger partial charge in [0.25, 0.3) is 0 Å². The van der Waals surface area contributed by atoms with E-state index in [-0.39, 0.29) is 48.4 Å². The Hall–Kier alpha value is -8.10. The van der Waals surface area contributed by atoms with Gasteiger partial charge in [0.15, 0.2) is 16.3 Å². The Balaban J connectivity index is 0.00000137. The molecule has 0 aromatic heterocycles. The average Bonchev–Trinajstić information content (AvgIpc) is 0.823. The van der Waals surface area contributed by atoms with E-state index in [4.69, 9.17) is 23.7 Å². The summed E-state index contributed by atoms with van der Waals surface area (Å²) in [5.74, 6) is -4.41. The predicted octanol–water partition coefficient (Wildman–Crippen LogP) is 11.8. The molecule has 0 spiro atoms. The van der Waals surface area contributed by atoms with E-state index in [0.29, 0.717) is 49.5 Å². The fourth-order valence-electron chi connectivity index (χ4n) is 7.98. The molecule has 0 amide bonds. The summed E-state index contributed by atoms with van der Waals surface area (Å²) in [5, 5.41) is 5.89. The molecule has 5 unspecified atom stereocenters. The SMILES string of the molecule is CC(C(=O)OCCCS(=O)(=O)[O-])C(C)C(=O)OCc1ccccc1.CCC(C)(C)C(=O)OCCC(F)C(F)(F)S(=O)(=O)[O-].CCC(C)(C)C(=O)OCCCS(=O)(=O)[O-].CCC(C)(C)C(=O)Oc1ccc(S(=O)(=O)[O-])cc1[N+](=O)[O-].CCC(C)c1ccc(COc2ccc(S(=O)(=O)[O-])cc2)cc1.CCC(C)c1ccc(S(=O)(=O)[O-])cc1. The summed E-state index contributed by atoms with van der Waals surface area (Å²) in [5.41, 5.74) is 1.22. The van der Waals surface area contributed by atoms with Gasteiger partial charge in [-0.25, -0.2) is 54.9 Å². The van der Waals surface area contributed by atoms with Crippen LogP contribution in [0.1, 0.15) is 189 Å². The lowest BCUT2D eigenvalue weighted by Crippen LogP contribution is -2.39. The highest BCUT2D eigenvalue weighted by atomic mass is 32.2. The molecule has 41 heteroatoms. The summed E-state index contributed by atoms with van der Waals surface area (Å²) < 4.78 is 258. The van der Waals surface area contributed by atoms with Gasteiger partial charge in [0, 0.05) is 24.0 Å². The first-order valence-electron chi connectivity index (χ1n) is 35.4. The molecule has 0 saturated carbocycles. The van der Waals surface area contributed by atoms with Crippen molar-refractivity contribution in [3.05, 3.63) is 154 Å². The second-order valence-corrected chi connectivity index (χ2v) is 36.3. The highest BCUT2D eigenvalue weighted by molar-refractivity contribution is 7.87. The summed E-state index contributed by atoms with van der Waals surface area (Å²) in [6.07, 6.45) is -0.690. The Bertz CT molecular complexity index is 4650. The molecule has 115 heavy (non-hydrogen) atoms. The second kappa shape index (κ2) is 47.9. The number of alkyl halides is 3. The number of halogens is 3. The number of rotatable bonds is 36. The van der Waals surface area contributed by atoms with Crippen molar-refractivity contribution in [1.29, 1.82) is 0 Å². The van der Waals surface area contributed by atoms with Gasteiger partial charge in [-0.15, -0.1) is 0 Å². The van der Waals surface area contributed by atoms with E-state index in [9.17, 15) is 125 Å². The smallest absolute Gasteiger partial charge is 0.364 e. The van der Waals surface area contributed by atoms with Crippen molar-refractivity contribution in [3.8, 4) is 11.5 Å². The molecule has 0 aliphatic rings. The van der Waals surface area contributed by atoms with Crippen LogP contribution in [0.5, 0.6) is 11.5 Å². The molecule has 650 valence electrons. The standard InChI is InChI=1S/C17H20O4S.C16H22O7S.C12H15NO7S.C10H17F3O5S.C10H14O3S.C9H18O5S/c1-3-13(2)15-6-4-14(5-7-15)12-21-16-8-10-17(11-9-16)22(18,19)20;1-12(15(17)22-9-6-10-24(19,20)21)13(2)16(18)23-11-14-7-4-3-5-8-14;1-4-12(2,3)11(14)20-10-6-5-8(21(17,18)19)7-9(10)13(15)16;1-4-9(2,3)8(14)18-6-5-7(11)10(12,13)19(15,16)17;1-3-8(2)9-4-6-10(7-5-9)14(11,12)13;1-4-9(2,3)8(10)14-6-5-7-15(11,12)13/h4-11,13H,3,12H2,1-2H3,(H,18,19,20);3-5,7-8,12-13H,6,9-11H2,1-2H3,(H,19,20,21);5-7H,4H2,1-3H3,(H,17,18,19);7H,4-6H2,1-3H3,(H,15,16,17);4-8H,3H2,1-2H3,(H,11,12,13);4-7H2,1-3H3,(H,11,12,13)/p-6. The van der Waals surface area contributed by atoms with E-state index >= 15 is 0 Å². The van der Waals surface area contributed by atoms with Crippen LogP contribution in [0.4, 0.5) is 18.9 Å². The number of nitro groups is 1. The zero-order chi connectivity index (χ0) is 89.1. The number of nitro benzene ring substituents is 1. The Morgan fingerprint density at radius 1 is 0.461 bits per heavy atom. The van der Waals surface area contributed by atoms with Crippen molar-refractivity contribution in [2.75, 3.05) is 31.3 Å².